The summed E-state index contributed by atoms with van der Waals surface area (Å²) in [6, 6.07) is 42.7. The highest BCUT2D eigenvalue weighted by Gasteiger charge is 2.43. The highest BCUT2D eigenvalue weighted by atomic mass is 79.9. The molecule has 0 unspecified atom stereocenters. The Hall–Kier alpha value is -3.00. The molecule has 0 aromatic heterocycles. The van der Waals surface area contributed by atoms with E-state index in [1.807, 2.05) is 25.1 Å². The summed E-state index contributed by atoms with van der Waals surface area (Å²) in [6.07, 6.45) is 0. The van der Waals surface area contributed by atoms with Crippen LogP contribution in [0.25, 0.3) is 0 Å². The molecule has 4 rings (SSSR count). The van der Waals surface area contributed by atoms with Crippen molar-refractivity contribution in [1.29, 1.82) is 0 Å². The van der Waals surface area contributed by atoms with Gasteiger partial charge in [0.1, 0.15) is 23.2 Å². The van der Waals surface area contributed by atoms with Gasteiger partial charge in [0.15, 0.2) is 0 Å². The van der Waals surface area contributed by atoms with Gasteiger partial charge in [0.2, 0.25) is 0 Å². The Kier molecular flexibility index (Phi) is 8.77. The molecule has 4 heteroatoms. The van der Waals surface area contributed by atoms with Crippen LogP contribution in [0, 0.1) is 0 Å². The summed E-state index contributed by atoms with van der Waals surface area (Å²) in [5.41, 5.74) is 6.43. The lowest BCUT2D eigenvalue weighted by Gasteiger charge is -2.24. The Bertz CT molecular complexity index is 1090. The highest BCUT2D eigenvalue weighted by Crippen LogP contribution is 2.57. The first kappa shape index (κ1) is 24.6. The van der Waals surface area contributed by atoms with E-state index in [1.54, 1.807) is 0 Å². The van der Waals surface area contributed by atoms with Crippen molar-refractivity contribution in [1.82, 2.24) is 5.43 Å². The van der Waals surface area contributed by atoms with Crippen LogP contribution in [0.1, 0.15) is 19.4 Å². The van der Waals surface area contributed by atoms with Crippen molar-refractivity contribution >= 4 is 28.9 Å². The van der Waals surface area contributed by atoms with Crippen LogP contribution in [0.5, 0.6) is 0 Å². The molecule has 33 heavy (non-hydrogen) atoms. The molecule has 166 valence electrons. The first-order valence-corrected chi connectivity index (χ1v) is 12.7. The molecule has 1 N–H and O–H groups in total. The van der Waals surface area contributed by atoms with E-state index in [2.05, 4.69) is 126 Å². The summed E-state index contributed by atoms with van der Waals surface area (Å²) >= 11 is 0. The lowest BCUT2D eigenvalue weighted by Crippen LogP contribution is -3.00. The van der Waals surface area contributed by atoms with Crippen LogP contribution in [-0.2, 0) is 0 Å². The van der Waals surface area contributed by atoms with E-state index >= 15 is 0 Å². The second kappa shape index (κ2) is 11.7. The monoisotopic (exact) mass is 514 g/mol. The van der Waals surface area contributed by atoms with Gasteiger partial charge in [-0.3, -0.25) is 5.43 Å². The summed E-state index contributed by atoms with van der Waals surface area (Å²) in [5, 5.41) is 8.64. The van der Waals surface area contributed by atoms with Crippen LogP contribution >= 0.6 is 7.26 Å². The van der Waals surface area contributed by atoms with Crippen LogP contribution < -0.4 is 38.3 Å². The van der Waals surface area contributed by atoms with E-state index in [-0.39, 0.29) is 17.0 Å². The molecule has 0 saturated carbocycles. The maximum atomic E-state index is 4.68. The molecule has 0 spiro atoms. The van der Waals surface area contributed by atoms with Gasteiger partial charge in [-0.05, 0) is 55.8 Å². The normalized spacial score (nSPS) is 12.1. The van der Waals surface area contributed by atoms with E-state index in [9.17, 15) is 0 Å². The number of hydrogen-bond acceptors (Lipinski definition) is 2. The van der Waals surface area contributed by atoms with Crippen molar-refractivity contribution in [2.45, 2.75) is 13.8 Å². The third-order valence-corrected chi connectivity index (χ3v) is 9.58. The largest absolute Gasteiger partial charge is 1.00 e. The summed E-state index contributed by atoms with van der Waals surface area (Å²) in [6.45, 7) is 4.13. The summed E-state index contributed by atoms with van der Waals surface area (Å²) < 4.78 is 0. The van der Waals surface area contributed by atoms with Crippen LogP contribution in [0.4, 0.5) is 0 Å². The summed E-state index contributed by atoms with van der Waals surface area (Å²) in [5.74, 6) is 2.40. The van der Waals surface area contributed by atoms with Crippen molar-refractivity contribution in [3.8, 4) is 0 Å². The van der Waals surface area contributed by atoms with Gasteiger partial charge in [-0.15, -0.1) is 0 Å². The number of hydrogen-bond donors (Lipinski definition) is 1. The fourth-order valence-corrected chi connectivity index (χ4v) is 7.80. The van der Waals surface area contributed by atoms with Gasteiger partial charge in [-0.25, -0.2) is 0 Å². The average Bonchev–Trinajstić information content (AvgIpc) is 2.88. The zero-order valence-electron chi connectivity index (χ0n) is 18.9. The molecule has 2 nitrogen and oxygen atoms in total. The van der Waals surface area contributed by atoms with Gasteiger partial charge in [0.25, 0.3) is 0 Å². The number of benzene rings is 4. The number of halogens is 1. The Morgan fingerprint density at radius 2 is 0.970 bits per heavy atom. The number of nitrogens with one attached hydrogen (secondary N) is 1. The topological polar surface area (TPSA) is 24.4 Å². The minimum atomic E-state index is -2.04. The van der Waals surface area contributed by atoms with Gasteiger partial charge < -0.3 is 17.0 Å². The Balaban J connectivity index is 0.00000306. The maximum Gasteiger partial charge on any atom is 0.138 e. The van der Waals surface area contributed by atoms with Gasteiger partial charge in [0, 0.05) is 0 Å². The molecule has 0 heterocycles. The molecule has 4 aromatic rings. The van der Waals surface area contributed by atoms with Gasteiger partial charge in [-0.1, -0.05) is 84.9 Å². The lowest BCUT2D eigenvalue weighted by atomic mass is 10.1. The first-order chi connectivity index (χ1) is 15.7. The molecule has 0 aliphatic carbocycles. The van der Waals surface area contributed by atoms with E-state index < -0.39 is 7.26 Å². The second-order valence-electron chi connectivity index (χ2n) is 7.72. The van der Waals surface area contributed by atoms with E-state index in [1.165, 1.54) is 15.9 Å². The molecule has 0 radical (unpaired) electrons. The highest BCUT2D eigenvalue weighted by molar-refractivity contribution is 7.98. The van der Waals surface area contributed by atoms with E-state index in [0.29, 0.717) is 0 Å². The molecule has 0 aliphatic heterocycles. The zero-order valence-corrected chi connectivity index (χ0v) is 21.4. The molecule has 0 fully saturated rings. The molecule has 0 atom stereocenters. The summed E-state index contributed by atoms with van der Waals surface area (Å²) in [7, 11) is -2.04. The Morgan fingerprint density at radius 3 is 1.36 bits per heavy atom. The van der Waals surface area contributed by atoms with E-state index in [4.69, 9.17) is 0 Å². The fraction of sp³-hybridized carbons (Fsp3) is 0.0690. The average molecular weight is 515 g/mol. The van der Waals surface area contributed by atoms with Crippen LogP contribution in [0.3, 0.4) is 0 Å². The third-order valence-electron chi connectivity index (χ3n) is 5.47. The summed E-state index contributed by atoms with van der Waals surface area (Å²) in [4.78, 5) is 0. The van der Waals surface area contributed by atoms with Crippen LogP contribution in [0.2, 0.25) is 0 Å². The van der Waals surface area contributed by atoms with Crippen molar-refractivity contribution in [3.63, 3.8) is 0 Å². The lowest BCUT2D eigenvalue weighted by molar-refractivity contribution is -0.00000642. The fourth-order valence-electron chi connectivity index (χ4n) is 3.90. The number of hydrazone groups is 1. The van der Waals surface area contributed by atoms with Crippen molar-refractivity contribution in [2.24, 2.45) is 5.10 Å². The Morgan fingerprint density at radius 1 is 0.606 bits per heavy atom. The molecule has 0 aliphatic rings. The maximum absolute atomic E-state index is 4.68. The third kappa shape index (κ3) is 5.68. The van der Waals surface area contributed by atoms with E-state index in [0.717, 1.165) is 17.0 Å². The Labute approximate surface area is 208 Å². The minimum absolute atomic E-state index is 0. The van der Waals surface area contributed by atoms with Gasteiger partial charge >= 0.3 is 0 Å². The smallest absolute Gasteiger partial charge is 0.138 e. The molecule has 4 aromatic carbocycles. The quantitative estimate of drug-likeness (QED) is 0.229. The van der Waals surface area contributed by atoms with Gasteiger partial charge in [-0.2, -0.15) is 5.10 Å². The second-order valence-corrected chi connectivity index (χ2v) is 11.0. The van der Waals surface area contributed by atoms with Crippen molar-refractivity contribution in [3.05, 3.63) is 138 Å². The molecule has 0 amide bonds. The van der Waals surface area contributed by atoms with Gasteiger partial charge in [0.05, 0.1) is 17.2 Å². The number of nitrogens with zero attached hydrogens (tertiary/aromatic N) is 1. The zero-order chi connectivity index (χ0) is 22.2. The molecule has 0 saturated heterocycles. The van der Waals surface area contributed by atoms with Crippen molar-refractivity contribution < 1.29 is 17.0 Å². The molecule has 0 bridgehead atoms. The molecular formula is C29H28BrN2P. The predicted octanol–water partition coefficient (Wildman–Crippen LogP) is 2.86. The first-order valence-electron chi connectivity index (χ1n) is 10.8. The SMILES string of the molecule is C/C(=C\[P+](c1ccccc1)(c1ccccc1)c1ccccc1)N/N=C(\C)c1ccccc1.[Br-]. The number of allylic oxidation sites excluding steroid dienone is 1. The minimum Gasteiger partial charge on any atom is -1.00 e. The van der Waals surface area contributed by atoms with Crippen molar-refractivity contribution in [2.75, 3.05) is 0 Å². The number of rotatable bonds is 7. The van der Waals surface area contributed by atoms with Crippen LogP contribution in [0.15, 0.2) is 138 Å². The predicted molar refractivity (Wildman–Crippen MR) is 141 cm³/mol. The molecular weight excluding hydrogens is 487 g/mol. The standard InChI is InChI=1S/C29H28N2P.BrH/c1-24(30-31-25(2)26-15-7-3-8-16-26)23-32(27-17-9-4-10-18-27,28-19-11-5-12-20-28)29-21-13-6-14-22-29;/h3-23,30H,1-2H3;1H/q+1;/p-1/b24-23+,31-25+;. The van der Waals surface area contributed by atoms with Crippen LogP contribution in [-0.4, -0.2) is 5.71 Å².